The van der Waals surface area contributed by atoms with Crippen molar-refractivity contribution in [3.8, 4) is 0 Å². The normalized spacial score (nSPS) is 10.3. The number of rotatable bonds is 3. The van der Waals surface area contributed by atoms with E-state index in [2.05, 4.69) is 15.3 Å². The summed E-state index contributed by atoms with van der Waals surface area (Å²) in [6.07, 6.45) is 0. The summed E-state index contributed by atoms with van der Waals surface area (Å²) in [4.78, 5) is 8.42. The van der Waals surface area contributed by atoms with Crippen molar-refractivity contribution in [1.82, 2.24) is 9.97 Å². The Morgan fingerprint density at radius 2 is 1.94 bits per heavy atom. The highest BCUT2D eigenvalue weighted by atomic mass is 19.1. The van der Waals surface area contributed by atoms with Crippen LogP contribution in [0.1, 0.15) is 17.1 Å². The number of hydrogen-bond donors (Lipinski definition) is 1. The number of hydrogen-bond acceptors (Lipinski definition) is 3. The minimum atomic E-state index is -0.206. The van der Waals surface area contributed by atoms with Crippen LogP contribution in [-0.4, -0.2) is 9.97 Å². The summed E-state index contributed by atoms with van der Waals surface area (Å²) in [5, 5.41) is 3.09. The first-order chi connectivity index (χ1) is 8.15. The maximum absolute atomic E-state index is 13.4. The molecule has 4 heteroatoms. The van der Waals surface area contributed by atoms with Crippen molar-refractivity contribution < 1.29 is 4.39 Å². The highest BCUT2D eigenvalue weighted by molar-refractivity contribution is 5.37. The van der Waals surface area contributed by atoms with Crippen molar-refractivity contribution in [2.75, 3.05) is 5.32 Å². The first-order valence-corrected chi connectivity index (χ1v) is 5.45. The molecule has 0 saturated heterocycles. The average Bonchev–Trinajstić information content (AvgIpc) is 2.27. The first kappa shape index (κ1) is 11.5. The number of benzene rings is 1. The van der Waals surface area contributed by atoms with Crippen molar-refractivity contribution in [2.45, 2.75) is 20.4 Å². The maximum Gasteiger partial charge on any atom is 0.130 e. The van der Waals surface area contributed by atoms with Gasteiger partial charge in [-0.1, -0.05) is 18.2 Å². The maximum atomic E-state index is 13.4. The summed E-state index contributed by atoms with van der Waals surface area (Å²) in [6, 6.07) is 8.54. The van der Waals surface area contributed by atoms with E-state index < -0.39 is 0 Å². The van der Waals surface area contributed by atoms with E-state index in [1.54, 1.807) is 12.1 Å². The van der Waals surface area contributed by atoms with Gasteiger partial charge in [0.15, 0.2) is 0 Å². The van der Waals surface area contributed by atoms with Crippen LogP contribution in [0.3, 0.4) is 0 Å². The minimum absolute atomic E-state index is 0.206. The molecular formula is C13H14FN3. The highest BCUT2D eigenvalue weighted by Crippen LogP contribution is 2.10. The molecule has 0 spiro atoms. The van der Waals surface area contributed by atoms with E-state index >= 15 is 0 Å². The minimum Gasteiger partial charge on any atom is -0.366 e. The molecule has 1 aromatic carbocycles. The van der Waals surface area contributed by atoms with Gasteiger partial charge >= 0.3 is 0 Å². The van der Waals surface area contributed by atoms with E-state index in [4.69, 9.17) is 0 Å². The Kier molecular flexibility index (Phi) is 3.32. The fraction of sp³-hybridized carbons (Fsp3) is 0.231. The van der Waals surface area contributed by atoms with E-state index in [0.29, 0.717) is 17.9 Å². The summed E-state index contributed by atoms with van der Waals surface area (Å²) in [5.41, 5.74) is 1.52. The third-order valence-electron chi connectivity index (χ3n) is 2.38. The van der Waals surface area contributed by atoms with Crippen LogP contribution < -0.4 is 5.32 Å². The molecular weight excluding hydrogens is 217 g/mol. The molecule has 88 valence electrons. The number of halogens is 1. The average molecular weight is 231 g/mol. The zero-order valence-corrected chi connectivity index (χ0v) is 9.87. The lowest BCUT2D eigenvalue weighted by Crippen LogP contribution is -2.05. The molecule has 2 rings (SSSR count). The fourth-order valence-corrected chi connectivity index (χ4v) is 1.64. The van der Waals surface area contributed by atoms with E-state index in [9.17, 15) is 4.39 Å². The standard InChI is InChI=1S/C13H14FN3/c1-9-7-13(17-10(2)16-9)15-8-11-5-3-4-6-12(11)14/h3-7H,8H2,1-2H3,(H,15,16,17). The molecule has 1 N–H and O–H groups in total. The molecule has 0 aliphatic heterocycles. The topological polar surface area (TPSA) is 37.8 Å². The molecule has 0 aliphatic carbocycles. The Balaban J connectivity index is 2.10. The molecule has 2 aromatic rings. The molecule has 0 amide bonds. The Labute approximate surface area is 99.7 Å². The zero-order valence-electron chi connectivity index (χ0n) is 9.87. The zero-order chi connectivity index (χ0) is 12.3. The molecule has 1 aromatic heterocycles. The number of nitrogens with one attached hydrogen (secondary N) is 1. The van der Waals surface area contributed by atoms with Gasteiger partial charge in [0.25, 0.3) is 0 Å². The Hall–Kier alpha value is -1.97. The van der Waals surface area contributed by atoms with E-state index in [1.807, 2.05) is 26.0 Å². The summed E-state index contributed by atoms with van der Waals surface area (Å²) in [6.45, 7) is 4.16. The molecule has 3 nitrogen and oxygen atoms in total. The molecule has 0 aliphatic rings. The number of aromatic nitrogens is 2. The summed E-state index contributed by atoms with van der Waals surface area (Å²) >= 11 is 0. The van der Waals surface area contributed by atoms with Gasteiger partial charge in [0.1, 0.15) is 17.5 Å². The van der Waals surface area contributed by atoms with Gasteiger partial charge in [0.05, 0.1) is 0 Å². The van der Waals surface area contributed by atoms with Gasteiger partial charge in [-0.2, -0.15) is 0 Å². The lowest BCUT2D eigenvalue weighted by Gasteiger charge is -2.07. The van der Waals surface area contributed by atoms with Crippen LogP contribution in [0.4, 0.5) is 10.2 Å². The molecule has 0 unspecified atom stereocenters. The first-order valence-electron chi connectivity index (χ1n) is 5.45. The molecule has 0 saturated carbocycles. The van der Waals surface area contributed by atoms with E-state index in [1.165, 1.54) is 6.07 Å². The van der Waals surface area contributed by atoms with Gasteiger partial charge in [-0.3, -0.25) is 0 Å². The second-order valence-corrected chi connectivity index (χ2v) is 3.89. The lowest BCUT2D eigenvalue weighted by molar-refractivity contribution is 0.613. The quantitative estimate of drug-likeness (QED) is 0.882. The Morgan fingerprint density at radius 3 is 2.65 bits per heavy atom. The van der Waals surface area contributed by atoms with Crippen molar-refractivity contribution in [1.29, 1.82) is 0 Å². The third-order valence-corrected chi connectivity index (χ3v) is 2.38. The van der Waals surface area contributed by atoms with Gasteiger partial charge < -0.3 is 5.32 Å². The van der Waals surface area contributed by atoms with Gasteiger partial charge in [0.2, 0.25) is 0 Å². The third kappa shape index (κ3) is 3.00. The van der Waals surface area contributed by atoms with E-state index in [-0.39, 0.29) is 5.82 Å². The summed E-state index contributed by atoms with van der Waals surface area (Å²) < 4.78 is 13.4. The largest absolute Gasteiger partial charge is 0.366 e. The summed E-state index contributed by atoms with van der Waals surface area (Å²) in [5.74, 6) is 1.22. The van der Waals surface area contributed by atoms with Crippen molar-refractivity contribution in [3.05, 3.63) is 53.2 Å². The van der Waals surface area contributed by atoms with Crippen molar-refractivity contribution in [3.63, 3.8) is 0 Å². The molecule has 0 fully saturated rings. The van der Waals surface area contributed by atoms with Gasteiger partial charge in [-0.15, -0.1) is 0 Å². The predicted octanol–water partition coefficient (Wildman–Crippen LogP) is 2.84. The molecule has 0 radical (unpaired) electrons. The van der Waals surface area contributed by atoms with Gasteiger partial charge in [-0.25, -0.2) is 14.4 Å². The number of anilines is 1. The second kappa shape index (κ2) is 4.91. The van der Waals surface area contributed by atoms with Crippen molar-refractivity contribution in [2.24, 2.45) is 0 Å². The van der Waals surface area contributed by atoms with Crippen LogP contribution in [0, 0.1) is 19.7 Å². The fourth-order valence-electron chi connectivity index (χ4n) is 1.64. The molecule has 0 atom stereocenters. The molecule has 1 heterocycles. The van der Waals surface area contributed by atoms with Crippen LogP contribution in [0.2, 0.25) is 0 Å². The predicted molar refractivity (Wildman–Crippen MR) is 65.2 cm³/mol. The SMILES string of the molecule is Cc1cc(NCc2ccccc2F)nc(C)n1. The Morgan fingerprint density at radius 1 is 1.18 bits per heavy atom. The number of aryl methyl sites for hydroxylation is 2. The van der Waals surface area contributed by atoms with Crippen LogP contribution >= 0.6 is 0 Å². The lowest BCUT2D eigenvalue weighted by atomic mass is 10.2. The summed E-state index contributed by atoms with van der Waals surface area (Å²) in [7, 11) is 0. The smallest absolute Gasteiger partial charge is 0.130 e. The van der Waals surface area contributed by atoms with E-state index in [0.717, 1.165) is 11.5 Å². The molecule has 17 heavy (non-hydrogen) atoms. The van der Waals surface area contributed by atoms with Crippen LogP contribution in [0.15, 0.2) is 30.3 Å². The molecule has 0 bridgehead atoms. The second-order valence-electron chi connectivity index (χ2n) is 3.89. The van der Waals surface area contributed by atoms with Gasteiger partial charge in [0, 0.05) is 23.9 Å². The van der Waals surface area contributed by atoms with Crippen LogP contribution in [0.5, 0.6) is 0 Å². The highest BCUT2D eigenvalue weighted by Gasteiger charge is 2.02. The monoisotopic (exact) mass is 231 g/mol. The Bertz CT molecular complexity index is 506. The van der Waals surface area contributed by atoms with Crippen LogP contribution in [-0.2, 0) is 6.54 Å². The van der Waals surface area contributed by atoms with Gasteiger partial charge in [-0.05, 0) is 19.9 Å². The number of nitrogens with zero attached hydrogens (tertiary/aromatic N) is 2. The van der Waals surface area contributed by atoms with Crippen LogP contribution in [0.25, 0.3) is 0 Å². The van der Waals surface area contributed by atoms with Crippen molar-refractivity contribution >= 4 is 5.82 Å².